The highest BCUT2D eigenvalue weighted by atomic mass is 16.5. The highest BCUT2D eigenvalue weighted by Gasteiger charge is 2.13. The molecule has 3 rings (SSSR count). The molecule has 132 valence electrons. The lowest BCUT2D eigenvalue weighted by Gasteiger charge is -2.09. The van der Waals surface area contributed by atoms with Crippen molar-refractivity contribution in [2.24, 2.45) is 5.10 Å². The lowest BCUT2D eigenvalue weighted by atomic mass is 10.3. The van der Waals surface area contributed by atoms with Crippen molar-refractivity contribution in [2.45, 2.75) is 0 Å². The molecule has 0 spiro atoms. The van der Waals surface area contributed by atoms with E-state index in [2.05, 4.69) is 15.5 Å². The molecule has 0 saturated carbocycles. The maximum absolute atomic E-state index is 12.0. The number of ether oxygens (including phenoxy) is 1. The highest BCUT2D eigenvalue weighted by Crippen LogP contribution is 2.16. The largest absolute Gasteiger partial charge is 0.497 e. The first-order valence-electron chi connectivity index (χ1n) is 7.67. The summed E-state index contributed by atoms with van der Waals surface area (Å²) in [5.74, 6) is 0.203. The summed E-state index contributed by atoms with van der Waals surface area (Å²) in [7, 11) is 1.57. The lowest BCUT2D eigenvalue weighted by Crippen LogP contribution is -2.31. The minimum atomic E-state index is -0.737. The minimum absolute atomic E-state index is 0.144. The quantitative estimate of drug-likeness (QED) is 0.478. The minimum Gasteiger partial charge on any atom is -0.497 e. The number of hydrazone groups is 1. The molecule has 0 saturated heterocycles. The maximum atomic E-state index is 12.0. The summed E-state index contributed by atoms with van der Waals surface area (Å²) in [5.41, 5.74) is 2.20. The fourth-order valence-corrected chi connectivity index (χ4v) is 2.31. The molecule has 0 amide bonds. The summed E-state index contributed by atoms with van der Waals surface area (Å²) >= 11 is 0. The van der Waals surface area contributed by atoms with Crippen LogP contribution >= 0.6 is 0 Å². The molecule has 0 aliphatic carbocycles. The van der Waals surface area contributed by atoms with E-state index in [0.717, 1.165) is 10.8 Å². The summed E-state index contributed by atoms with van der Waals surface area (Å²) < 4.78 is 6.06. The molecular formula is C18H16N4O4. The number of nitrogens with zero attached hydrogens (tertiary/aromatic N) is 2. The number of rotatable bonds is 5. The molecule has 3 aromatic rings. The number of hydrogen-bond donors (Lipinski definition) is 3. The molecule has 0 fully saturated rings. The Hall–Kier alpha value is -3.81. The molecule has 0 atom stereocenters. The molecule has 1 heterocycles. The van der Waals surface area contributed by atoms with Gasteiger partial charge in [-0.25, -0.2) is 9.36 Å². The Bertz CT molecular complexity index is 1040. The van der Waals surface area contributed by atoms with E-state index in [1.54, 1.807) is 61.7 Å². The summed E-state index contributed by atoms with van der Waals surface area (Å²) in [4.78, 5) is 26.2. The fraction of sp³-hybridized carbons (Fsp3) is 0.0556. The van der Waals surface area contributed by atoms with Crippen LogP contribution in [-0.4, -0.2) is 28.0 Å². The molecular weight excluding hydrogens is 336 g/mol. The Morgan fingerprint density at radius 1 is 1.12 bits per heavy atom. The van der Waals surface area contributed by atoms with Crippen molar-refractivity contribution in [3.05, 3.63) is 81.0 Å². The third kappa shape index (κ3) is 3.48. The number of para-hydroxylation sites is 1. The number of nitrogens with one attached hydrogen (secondary N) is 2. The molecule has 0 bridgehead atoms. The Balaban J connectivity index is 1.92. The molecule has 1 aromatic heterocycles. The predicted octanol–water partition coefficient (Wildman–Crippen LogP) is 1.69. The number of aromatic hydroxyl groups is 1. The van der Waals surface area contributed by atoms with Crippen molar-refractivity contribution in [1.29, 1.82) is 0 Å². The predicted molar refractivity (Wildman–Crippen MR) is 98.5 cm³/mol. The van der Waals surface area contributed by atoms with Crippen molar-refractivity contribution >= 4 is 11.9 Å². The number of H-pyrrole nitrogens is 1. The molecule has 0 radical (unpaired) electrons. The first kappa shape index (κ1) is 17.0. The third-order valence-electron chi connectivity index (χ3n) is 3.61. The van der Waals surface area contributed by atoms with Crippen LogP contribution < -0.4 is 21.4 Å². The van der Waals surface area contributed by atoms with Crippen molar-refractivity contribution in [3.63, 3.8) is 0 Å². The molecule has 2 aromatic carbocycles. The fourth-order valence-electron chi connectivity index (χ4n) is 2.31. The summed E-state index contributed by atoms with van der Waals surface area (Å²) in [6, 6.07) is 15.5. The van der Waals surface area contributed by atoms with Crippen molar-refractivity contribution in [3.8, 4) is 17.3 Å². The van der Waals surface area contributed by atoms with Gasteiger partial charge in [0.1, 0.15) is 11.3 Å². The van der Waals surface area contributed by atoms with Gasteiger partial charge in [0.2, 0.25) is 5.88 Å². The smallest absolute Gasteiger partial charge is 0.335 e. The SMILES string of the molecule is COc1ccc(NN=Cc2c(O)n(-c3ccccc3)c(=O)[nH]c2=O)cc1. The van der Waals surface area contributed by atoms with Gasteiger partial charge in [-0.2, -0.15) is 5.10 Å². The molecule has 8 nitrogen and oxygen atoms in total. The number of benzene rings is 2. The zero-order valence-corrected chi connectivity index (χ0v) is 13.8. The van der Waals surface area contributed by atoms with Gasteiger partial charge in [-0.3, -0.25) is 15.2 Å². The van der Waals surface area contributed by atoms with E-state index in [9.17, 15) is 14.7 Å². The van der Waals surface area contributed by atoms with Crippen molar-refractivity contribution in [2.75, 3.05) is 12.5 Å². The second-order valence-electron chi connectivity index (χ2n) is 5.27. The topological polar surface area (TPSA) is 109 Å². The van der Waals surface area contributed by atoms with E-state index < -0.39 is 17.1 Å². The Labute approximate surface area is 148 Å². The van der Waals surface area contributed by atoms with Crippen molar-refractivity contribution < 1.29 is 9.84 Å². The van der Waals surface area contributed by atoms with Crippen molar-refractivity contribution in [1.82, 2.24) is 9.55 Å². The summed E-state index contributed by atoms with van der Waals surface area (Å²) in [6.07, 6.45) is 1.15. The van der Waals surface area contributed by atoms with Crippen LogP contribution in [0, 0.1) is 0 Å². The molecule has 26 heavy (non-hydrogen) atoms. The second kappa shape index (κ2) is 7.39. The van der Waals surface area contributed by atoms with Gasteiger partial charge in [0.25, 0.3) is 5.56 Å². The zero-order valence-electron chi connectivity index (χ0n) is 13.8. The van der Waals surface area contributed by atoms with Crippen LogP contribution in [0.2, 0.25) is 0 Å². The molecule has 0 aliphatic rings. The van der Waals surface area contributed by atoms with E-state index >= 15 is 0 Å². The van der Waals surface area contributed by atoms with Gasteiger partial charge >= 0.3 is 5.69 Å². The maximum Gasteiger partial charge on any atom is 0.335 e. The van der Waals surface area contributed by atoms with Crippen LogP contribution in [0.5, 0.6) is 11.6 Å². The summed E-state index contributed by atoms with van der Waals surface area (Å²) in [5, 5.41) is 14.3. The summed E-state index contributed by atoms with van der Waals surface area (Å²) in [6.45, 7) is 0. The van der Waals surface area contributed by atoms with Gasteiger partial charge in [0, 0.05) is 0 Å². The van der Waals surface area contributed by atoms with E-state index in [1.165, 1.54) is 0 Å². The number of methoxy groups -OCH3 is 1. The van der Waals surface area contributed by atoms with Gasteiger partial charge < -0.3 is 9.84 Å². The van der Waals surface area contributed by atoms with E-state index in [-0.39, 0.29) is 5.56 Å². The van der Waals surface area contributed by atoms with Gasteiger partial charge in [-0.15, -0.1) is 0 Å². The highest BCUT2D eigenvalue weighted by molar-refractivity contribution is 5.82. The first-order chi connectivity index (χ1) is 12.6. The van der Waals surface area contributed by atoms with E-state index in [0.29, 0.717) is 17.1 Å². The third-order valence-corrected chi connectivity index (χ3v) is 3.61. The average molecular weight is 352 g/mol. The van der Waals surface area contributed by atoms with Gasteiger partial charge in [-0.1, -0.05) is 18.2 Å². The van der Waals surface area contributed by atoms with E-state index in [4.69, 9.17) is 4.74 Å². The zero-order chi connectivity index (χ0) is 18.5. The number of hydrogen-bond acceptors (Lipinski definition) is 6. The Kier molecular flexibility index (Phi) is 4.84. The molecule has 0 aliphatic heterocycles. The van der Waals surface area contributed by atoms with Gasteiger partial charge in [0.05, 0.1) is 24.7 Å². The van der Waals surface area contributed by atoms with Crippen LogP contribution in [0.25, 0.3) is 5.69 Å². The van der Waals surface area contributed by atoms with Crippen LogP contribution in [0.4, 0.5) is 5.69 Å². The normalized spacial score (nSPS) is 10.8. The lowest BCUT2D eigenvalue weighted by molar-refractivity contribution is 0.415. The van der Waals surface area contributed by atoms with Crippen LogP contribution in [-0.2, 0) is 0 Å². The molecule has 8 heteroatoms. The van der Waals surface area contributed by atoms with Gasteiger partial charge in [-0.05, 0) is 36.4 Å². The Morgan fingerprint density at radius 3 is 2.46 bits per heavy atom. The van der Waals surface area contributed by atoms with Crippen LogP contribution in [0.1, 0.15) is 5.56 Å². The molecule has 0 unspecified atom stereocenters. The number of aromatic nitrogens is 2. The molecule has 3 N–H and O–H groups in total. The van der Waals surface area contributed by atoms with Gasteiger partial charge in [0.15, 0.2) is 0 Å². The number of anilines is 1. The van der Waals surface area contributed by atoms with E-state index in [1.807, 2.05) is 0 Å². The first-order valence-corrected chi connectivity index (χ1v) is 7.67. The van der Waals surface area contributed by atoms with Crippen LogP contribution in [0.15, 0.2) is 69.3 Å². The standard InChI is InChI=1S/C18H16N4O4/c1-26-14-9-7-12(8-10-14)21-19-11-15-16(23)20-18(25)22(17(15)24)13-5-3-2-4-6-13/h2-11,21,24H,1H3,(H,20,23,25). The average Bonchev–Trinajstić information content (AvgIpc) is 2.65. The second-order valence-corrected chi connectivity index (χ2v) is 5.27. The van der Waals surface area contributed by atoms with Crippen LogP contribution in [0.3, 0.4) is 0 Å². The Morgan fingerprint density at radius 2 is 1.81 bits per heavy atom. The number of aromatic amines is 1. The monoisotopic (exact) mass is 352 g/mol.